The molecule has 1 aromatic heterocycles. The van der Waals surface area contributed by atoms with Gasteiger partial charge in [0.2, 0.25) is 5.91 Å². The van der Waals surface area contributed by atoms with Crippen LogP contribution in [0.25, 0.3) is 0 Å². The van der Waals surface area contributed by atoms with Crippen LogP contribution in [0.3, 0.4) is 0 Å². The zero-order valence-corrected chi connectivity index (χ0v) is 8.26. The average molecular weight is 181 g/mol. The van der Waals surface area contributed by atoms with Crippen LogP contribution < -0.4 is 5.32 Å². The Balaban J connectivity index is 2.39. The predicted molar refractivity (Wildman–Crippen MR) is 50.1 cm³/mol. The minimum absolute atomic E-state index is 0.0241. The minimum atomic E-state index is 0.0241. The molecule has 0 bridgehead atoms. The Kier molecular flexibility index (Phi) is 3.12. The Labute approximate surface area is 78.1 Å². The van der Waals surface area contributed by atoms with E-state index in [1.54, 1.807) is 0 Å². The van der Waals surface area contributed by atoms with Crippen molar-refractivity contribution in [3.8, 4) is 0 Å². The molecule has 0 aromatic carbocycles. The highest BCUT2D eigenvalue weighted by atomic mass is 16.3. The predicted octanol–water partition coefficient (Wildman–Crippen LogP) is 1.86. The maximum absolute atomic E-state index is 11.2. The number of nitrogens with one attached hydrogen (secondary N) is 1. The molecule has 1 rings (SSSR count). The van der Waals surface area contributed by atoms with Crippen LogP contribution in [0.2, 0.25) is 0 Å². The summed E-state index contributed by atoms with van der Waals surface area (Å²) >= 11 is 0. The number of rotatable bonds is 3. The molecule has 1 aromatic rings. The van der Waals surface area contributed by atoms with Crippen LogP contribution in [0.1, 0.15) is 25.4 Å². The molecule has 1 heterocycles. The highest BCUT2D eigenvalue weighted by Crippen LogP contribution is 2.05. The molecule has 0 fully saturated rings. The molecule has 0 spiro atoms. The number of aryl methyl sites for hydroxylation is 1. The zero-order valence-electron chi connectivity index (χ0n) is 8.26. The van der Waals surface area contributed by atoms with Gasteiger partial charge in [-0.1, -0.05) is 13.8 Å². The summed E-state index contributed by atoms with van der Waals surface area (Å²) in [4.78, 5) is 11.2. The number of amides is 1. The van der Waals surface area contributed by atoms with E-state index < -0.39 is 0 Å². The summed E-state index contributed by atoms with van der Waals surface area (Å²) in [7, 11) is 0. The van der Waals surface area contributed by atoms with E-state index in [0.717, 1.165) is 11.5 Å². The standard InChI is InChI=1S/C10H15NO2/c1-7(2)10(12)11-6-9-5-4-8(3)13-9/h4-5,7H,6H2,1-3H3,(H,11,12). The van der Waals surface area contributed by atoms with E-state index in [2.05, 4.69) is 5.32 Å². The van der Waals surface area contributed by atoms with Crippen LogP contribution in [0.5, 0.6) is 0 Å². The van der Waals surface area contributed by atoms with Crippen molar-refractivity contribution in [1.82, 2.24) is 5.32 Å². The maximum Gasteiger partial charge on any atom is 0.222 e. The van der Waals surface area contributed by atoms with Crippen LogP contribution >= 0.6 is 0 Å². The summed E-state index contributed by atoms with van der Waals surface area (Å²) in [6.07, 6.45) is 0. The van der Waals surface area contributed by atoms with Gasteiger partial charge in [0, 0.05) is 5.92 Å². The molecule has 0 atom stereocenters. The van der Waals surface area contributed by atoms with Gasteiger partial charge in [-0.05, 0) is 19.1 Å². The van der Waals surface area contributed by atoms with Crippen molar-refractivity contribution in [2.24, 2.45) is 5.92 Å². The van der Waals surface area contributed by atoms with Crippen molar-refractivity contribution in [2.75, 3.05) is 0 Å². The van der Waals surface area contributed by atoms with E-state index in [4.69, 9.17) is 4.42 Å². The van der Waals surface area contributed by atoms with Gasteiger partial charge < -0.3 is 9.73 Å². The lowest BCUT2D eigenvalue weighted by Crippen LogP contribution is -2.26. The Morgan fingerprint density at radius 2 is 2.23 bits per heavy atom. The number of hydrogen-bond acceptors (Lipinski definition) is 2. The van der Waals surface area contributed by atoms with Gasteiger partial charge in [-0.25, -0.2) is 0 Å². The topological polar surface area (TPSA) is 42.2 Å². The van der Waals surface area contributed by atoms with Gasteiger partial charge in [0.25, 0.3) is 0 Å². The fourth-order valence-electron chi connectivity index (χ4n) is 0.958. The third-order valence-electron chi connectivity index (χ3n) is 1.76. The second-order valence-electron chi connectivity index (χ2n) is 3.38. The van der Waals surface area contributed by atoms with Crippen LogP contribution in [0.15, 0.2) is 16.5 Å². The number of hydrogen-bond donors (Lipinski definition) is 1. The molecule has 72 valence electrons. The van der Waals surface area contributed by atoms with Crippen molar-refractivity contribution in [2.45, 2.75) is 27.3 Å². The molecular weight excluding hydrogens is 166 g/mol. The molecule has 0 aliphatic heterocycles. The molecule has 0 unspecified atom stereocenters. The molecule has 3 heteroatoms. The largest absolute Gasteiger partial charge is 0.465 e. The number of carbonyl (C=O) groups is 1. The van der Waals surface area contributed by atoms with Crippen molar-refractivity contribution in [3.63, 3.8) is 0 Å². The first-order valence-electron chi connectivity index (χ1n) is 4.42. The summed E-state index contributed by atoms with van der Waals surface area (Å²) in [5.41, 5.74) is 0. The summed E-state index contributed by atoms with van der Waals surface area (Å²) < 4.78 is 5.30. The fraction of sp³-hybridized carbons (Fsp3) is 0.500. The van der Waals surface area contributed by atoms with Crippen LogP contribution in [0, 0.1) is 12.8 Å². The monoisotopic (exact) mass is 181 g/mol. The molecular formula is C10H15NO2. The van der Waals surface area contributed by atoms with Crippen molar-refractivity contribution >= 4 is 5.91 Å². The van der Waals surface area contributed by atoms with Gasteiger partial charge in [-0.15, -0.1) is 0 Å². The van der Waals surface area contributed by atoms with Crippen LogP contribution in [0.4, 0.5) is 0 Å². The zero-order chi connectivity index (χ0) is 9.84. The lowest BCUT2D eigenvalue weighted by Gasteiger charge is -2.04. The Morgan fingerprint density at radius 3 is 2.69 bits per heavy atom. The molecule has 3 nitrogen and oxygen atoms in total. The molecule has 0 aliphatic carbocycles. The summed E-state index contributed by atoms with van der Waals surface area (Å²) in [5, 5.41) is 2.78. The first-order valence-corrected chi connectivity index (χ1v) is 4.42. The van der Waals surface area contributed by atoms with E-state index in [1.165, 1.54) is 0 Å². The Hall–Kier alpha value is -1.25. The molecule has 1 N–H and O–H groups in total. The summed E-state index contributed by atoms with van der Waals surface area (Å²) in [6.45, 7) is 6.09. The summed E-state index contributed by atoms with van der Waals surface area (Å²) in [6, 6.07) is 3.76. The highest BCUT2D eigenvalue weighted by molar-refractivity contribution is 5.77. The fourth-order valence-corrected chi connectivity index (χ4v) is 0.958. The van der Waals surface area contributed by atoms with Gasteiger partial charge in [0.05, 0.1) is 6.54 Å². The molecule has 0 radical (unpaired) electrons. The molecule has 13 heavy (non-hydrogen) atoms. The third kappa shape index (κ3) is 2.93. The van der Waals surface area contributed by atoms with E-state index in [1.807, 2.05) is 32.9 Å². The maximum atomic E-state index is 11.2. The molecule has 0 saturated heterocycles. The normalized spacial score (nSPS) is 10.5. The number of carbonyl (C=O) groups excluding carboxylic acids is 1. The Morgan fingerprint density at radius 1 is 1.54 bits per heavy atom. The first kappa shape index (κ1) is 9.84. The minimum Gasteiger partial charge on any atom is -0.465 e. The SMILES string of the molecule is Cc1ccc(CNC(=O)C(C)C)o1. The van der Waals surface area contributed by atoms with Gasteiger partial charge in [0.1, 0.15) is 11.5 Å². The van der Waals surface area contributed by atoms with Crippen LogP contribution in [-0.4, -0.2) is 5.91 Å². The van der Waals surface area contributed by atoms with E-state index in [-0.39, 0.29) is 11.8 Å². The van der Waals surface area contributed by atoms with E-state index in [0.29, 0.717) is 6.54 Å². The molecule has 0 aliphatic rings. The van der Waals surface area contributed by atoms with Crippen molar-refractivity contribution < 1.29 is 9.21 Å². The second kappa shape index (κ2) is 4.12. The van der Waals surface area contributed by atoms with Gasteiger partial charge in [-0.3, -0.25) is 4.79 Å². The first-order chi connectivity index (χ1) is 6.09. The molecule has 1 amide bonds. The van der Waals surface area contributed by atoms with Crippen molar-refractivity contribution in [1.29, 1.82) is 0 Å². The van der Waals surface area contributed by atoms with E-state index >= 15 is 0 Å². The van der Waals surface area contributed by atoms with Crippen molar-refractivity contribution in [3.05, 3.63) is 23.7 Å². The van der Waals surface area contributed by atoms with Gasteiger partial charge in [-0.2, -0.15) is 0 Å². The number of furan rings is 1. The smallest absolute Gasteiger partial charge is 0.222 e. The van der Waals surface area contributed by atoms with Gasteiger partial charge >= 0.3 is 0 Å². The quantitative estimate of drug-likeness (QED) is 0.773. The molecule has 0 saturated carbocycles. The second-order valence-corrected chi connectivity index (χ2v) is 3.38. The summed E-state index contributed by atoms with van der Waals surface area (Å²) in [5.74, 6) is 1.74. The lowest BCUT2D eigenvalue weighted by atomic mass is 10.2. The van der Waals surface area contributed by atoms with Gasteiger partial charge in [0.15, 0.2) is 0 Å². The average Bonchev–Trinajstić information content (AvgIpc) is 2.47. The van der Waals surface area contributed by atoms with E-state index in [9.17, 15) is 4.79 Å². The Bertz CT molecular complexity index is 289. The highest BCUT2D eigenvalue weighted by Gasteiger charge is 2.06. The lowest BCUT2D eigenvalue weighted by molar-refractivity contribution is -0.124. The third-order valence-corrected chi connectivity index (χ3v) is 1.76. The van der Waals surface area contributed by atoms with Crippen LogP contribution in [-0.2, 0) is 11.3 Å².